The van der Waals surface area contributed by atoms with Crippen molar-refractivity contribution in [2.24, 2.45) is 5.41 Å². The van der Waals surface area contributed by atoms with E-state index in [0.717, 1.165) is 53.6 Å². The summed E-state index contributed by atoms with van der Waals surface area (Å²) in [5.41, 5.74) is 4.61. The molecule has 64 heavy (non-hydrogen) atoms. The molecule has 0 aliphatic carbocycles. The minimum absolute atomic E-state index is 0.0168. The number of amides is 4. The van der Waals surface area contributed by atoms with Crippen LogP contribution in [-0.4, -0.2) is 138 Å². The second kappa shape index (κ2) is 15.5. The number of H-pyrrole nitrogens is 1. The van der Waals surface area contributed by atoms with Crippen molar-refractivity contribution in [3.63, 3.8) is 0 Å². The number of piperazine rings is 1. The van der Waals surface area contributed by atoms with Crippen LogP contribution in [0.2, 0.25) is 0 Å². The first-order valence-corrected chi connectivity index (χ1v) is 22.4. The molecule has 1 spiro atoms. The predicted octanol–water partition coefficient (Wildman–Crippen LogP) is 4.82. The second-order valence-corrected chi connectivity index (χ2v) is 18.9. The van der Waals surface area contributed by atoms with Crippen LogP contribution in [0.25, 0.3) is 10.9 Å². The lowest BCUT2D eigenvalue weighted by Crippen LogP contribution is -2.64. The number of fused-ring (bicyclic) bond motifs is 8. The van der Waals surface area contributed by atoms with Gasteiger partial charge in [0, 0.05) is 97.3 Å². The summed E-state index contributed by atoms with van der Waals surface area (Å²) in [6.07, 6.45) is -0.108. The van der Waals surface area contributed by atoms with Crippen LogP contribution >= 0.6 is 0 Å². The lowest BCUT2D eigenvalue weighted by molar-refractivity contribution is -0.138. The zero-order chi connectivity index (χ0) is 44.2. The largest absolute Gasteiger partial charge is 0.489 e. The summed E-state index contributed by atoms with van der Waals surface area (Å²) in [7, 11) is 0. The van der Waals surface area contributed by atoms with Gasteiger partial charge in [-0.2, -0.15) is 0 Å². The number of halogens is 4. The van der Waals surface area contributed by atoms with E-state index in [1.807, 2.05) is 47.1 Å². The lowest BCUT2D eigenvalue weighted by atomic mass is 9.72. The maximum absolute atomic E-state index is 16.3. The predicted molar refractivity (Wildman–Crippen MR) is 228 cm³/mol. The van der Waals surface area contributed by atoms with Crippen molar-refractivity contribution in [2.75, 3.05) is 75.3 Å². The van der Waals surface area contributed by atoms with E-state index in [9.17, 15) is 28.0 Å². The normalized spacial score (nSPS) is 25.6. The number of ether oxygens (including phenoxy) is 1. The van der Waals surface area contributed by atoms with E-state index in [2.05, 4.69) is 20.1 Å². The molecular weight excluding hydrogens is 833 g/mol. The highest BCUT2D eigenvalue weighted by atomic mass is 19.3. The number of hydrogen-bond acceptors (Lipinski definition) is 9. The van der Waals surface area contributed by atoms with Gasteiger partial charge in [-0.05, 0) is 73.9 Å². The summed E-state index contributed by atoms with van der Waals surface area (Å²) in [5, 5.41) is 3.28. The number of para-hydroxylation sites is 1. The van der Waals surface area contributed by atoms with Gasteiger partial charge < -0.3 is 29.3 Å². The van der Waals surface area contributed by atoms with Gasteiger partial charge >= 0.3 is 0 Å². The van der Waals surface area contributed by atoms with Crippen LogP contribution in [-0.2, 0) is 27.3 Å². The number of hydrogen-bond donors (Lipinski definition) is 2. The zero-order valence-electron chi connectivity index (χ0n) is 35.6. The Morgan fingerprint density at radius 3 is 2.47 bits per heavy atom. The molecule has 336 valence electrons. The number of nitrogens with one attached hydrogen (secondary N) is 2. The monoisotopic (exact) mass is 882 g/mol. The minimum Gasteiger partial charge on any atom is -0.489 e. The molecule has 4 fully saturated rings. The third-order valence-electron chi connectivity index (χ3n) is 15.1. The summed E-state index contributed by atoms with van der Waals surface area (Å²) in [5.74, 6) is -1.85. The molecule has 4 atom stereocenters. The van der Waals surface area contributed by atoms with Gasteiger partial charge in [0.15, 0.2) is 0 Å². The molecular formula is C47H50F4N8O5. The Labute approximate surface area is 367 Å². The van der Waals surface area contributed by atoms with Gasteiger partial charge in [0.05, 0.1) is 37.4 Å². The van der Waals surface area contributed by atoms with Crippen LogP contribution in [0.5, 0.6) is 5.75 Å². The number of piperidine rings is 2. The maximum atomic E-state index is 16.3. The highest BCUT2D eigenvalue weighted by molar-refractivity contribution is 6.06. The number of imide groups is 1. The lowest BCUT2D eigenvalue weighted by Gasteiger charge is -2.54. The number of likely N-dealkylation sites (tertiary alicyclic amines) is 1. The van der Waals surface area contributed by atoms with E-state index in [1.165, 1.54) is 21.9 Å². The number of benzene rings is 3. The van der Waals surface area contributed by atoms with Crippen LogP contribution in [0.4, 0.5) is 28.9 Å². The number of aromatic amines is 1. The fraction of sp³-hybridized carbons (Fsp3) is 0.489. The molecule has 1 unspecified atom stereocenters. The quantitative estimate of drug-likeness (QED) is 0.199. The molecule has 7 aliphatic rings. The van der Waals surface area contributed by atoms with Crippen molar-refractivity contribution >= 4 is 45.9 Å². The SMILES string of the molecule is C[C@@H]1Cc2c([nH]c3ccccc23)[C@@H](c2c(F)cc(N3CCC4(CC3)CN(CC(=O)N3CCN5c6ccc7c(c6OC[C@H]5C3)CN(C3CCC(=O)NC3=O)C7=O)C4)cc2F)N1CC(F)F. The maximum Gasteiger partial charge on any atom is 0.255 e. The summed E-state index contributed by atoms with van der Waals surface area (Å²) in [6, 6.07) is 11.8. The van der Waals surface area contributed by atoms with E-state index in [4.69, 9.17) is 4.74 Å². The Morgan fingerprint density at radius 2 is 1.72 bits per heavy atom. The first-order valence-electron chi connectivity index (χ1n) is 22.4. The number of rotatable bonds is 7. The van der Waals surface area contributed by atoms with Crippen molar-refractivity contribution in [1.29, 1.82) is 0 Å². The van der Waals surface area contributed by atoms with Crippen molar-refractivity contribution in [3.05, 3.63) is 88.1 Å². The highest BCUT2D eigenvalue weighted by Crippen LogP contribution is 2.47. The number of alkyl halides is 2. The first-order chi connectivity index (χ1) is 30.8. The molecule has 17 heteroatoms. The Bertz CT molecular complexity index is 2570. The number of carbonyl (C=O) groups is 4. The molecule has 4 amide bonds. The topological polar surface area (TPSA) is 125 Å². The van der Waals surface area contributed by atoms with E-state index >= 15 is 8.78 Å². The molecule has 4 saturated heterocycles. The molecule has 8 heterocycles. The number of carbonyl (C=O) groups excluding carboxylic acids is 4. The van der Waals surface area contributed by atoms with Crippen molar-refractivity contribution in [2.45, 2.75) is 76.2 Å². The number of aromatic nitrogens is 1. The van der Waals surface area contributed by atoms with E-state index in [1.54, 1.807) is 6.07 Å². The molecule has 13 nitrogen and oxygen atoms in total. The van der Waals surface area contributed by atoms with Crippen LogP contribution in [0, 0.1) is 17.0 Å². The molecule has 0 bridgehead atoms. The standard InChI is InChI=1S/C47H50F4N8O5/c1-26-16-31-29-4-2-3-5-35(29)52-42(31)43(58(26)21-38(50)51)41-33(48)17-27(18-34(41)49)55-12-10-47(11-13-55)24-54(25-47)22-40(61)56-14-15-57-28(19-56)23-64-44-32-20-59(37-8-9-39(60)53-45(37)62)46(63)30(32)6-7-36(44)57/h2-7,17-18,26,28,37-38,43,52H,8-16,19-25H2,1H3,(H,53,60,62)/t26-,28-,37?,43-/m1/s1. The van der Waals surface area contributed by atoms with Crippen LogP contribution in [0.1, 0.15) is 71.4 Å². The second-order valence-electron chi connectivity index (χ2n) is 18.9. The Kier molecular flexibility index (Phi) is 9.94. The minimum atomic E-state index is -2.67. The molecule has 1 aromatic heterocycles. The van der Waals surface area contributed by atoms with Gasteiger partial charge in [0.25, 0.3) is 12.3 Å². The summed E-state index contributed by atoms with van der Waals surface area (Å²) >= 11 is 0. The smallest absolute Gasteiger partial charge is 0.255 e. The Hall–Kier alpha value is -5.68. The Morgan fingerprint density at radius 1 is 0.953 bits per heavy atom. The van der Waals surface area contributed by atoms with Crippen molar-refractivity contribution in [3.8, 4) is 5.75 Å². The fourth-order valence-corrected chi connectivity index (χ4v) is 11.8. The molecule has 7 aliphatic heterocycles. The molecule has 11 rings (SSSR count). The number of anilines is 2. The van der Waals surface area contributed by atoms with Crippen molar-refractivity contribution < 1.29 is 41.5 Å². The first kappa shape index (κ1) is 41.1. The average molecular weight is 883 g/mol. The molecule has 4 aromatic rings. The highest BCUT2D eigenvalue weighted by Gasteiger charge is 2.48. The van der Waals surface area contributed by atoms with Gasteiger partial charge in [-0.15, -0.1) is 0 Å². The van der Waals surface area contributed by atoms with Gasteiger partial charge in [-0.1, -0.05) is 18.2 Å². The Balaban J connectivity index is 0.701. The zero-order valence-corrected chi connectivity index (χ0v) is 35.6. The van der Waals surface area contributed by atoms with Gasteiger partial charge in [0.2, 0.25) is 17.7 Å². The summed E-state index contributed by atoms with van der Waals surface area (Å²) in [4.78, 5) is 66.0. The van der Waals surface area contributed by atoms with E-state index < -0.39 is 42.6 Å². The molecule has 0 saturated carbocycles. The van der Waals surface area contributed by atoms with E-state index in [-0.39, 0.29) is 60.2 Å². The van der Waals surface area contributed by atoms with Crippen LogP contribution in [0.15, 0.2) is 48.5 Å². The van der Waals surface area contributed by atoms with Gasteiger partial charge in [-0.25, -0.2) is 17.6 Å². The van der Waals surface area contributed by atoms with E-state index in [0.29, 0.717) is 75.0 Å². The molecule has 0 radical (unpaired) electrons. The van der Waals surface area contributed by atoms with Crippen molar-refractivity contribution in [1.82, 2.24) is 29.9 Å². The number of nitrogens with zero attached hydrogens (tertiary/aromatic N) is 6. The van der Waals surface area contributed by atoms with Gasteiger partial charge in [0.1, 0.15) is 30.0 Å². The fourth-order valence-electron chi connectivity index (χ4n) is 11.8. The third-order valence-corrected chi connectivity index (χ3v) is 15.1. The van der Waals surface area contributed by atoms with Crippen LogP contribution < -0.4 is 19.9 Å². The molecule has 3 aromatic carbocycles. The average Bonchev–Trinajstić information content (AvgIpc) is 3.80. The third kappa shape index (κ3) is 6.79. The van der Waals surface area contributed by atoms with Gasteiger partial charge in [-0.3, -0.25) is 34.3 Å². The summed E-state index contributed by atoms with van der Waals surface area (Å²) in [6.45, 7) is 6.48. The van der Waals surface area contributed by atoms with Crippen LogP contribution in [0.3, 0.4) is 0 Å². The molecule has 2 N–H and O–H groups in total. The summed E-state index contributed by atoms with van der Waals surface area (Å²) < 4.78 is 66.8.